The predicted molar refractivity (Wildman–Crippen MR) is 79.5 cm³/mol. The van der Waals surface area contributed by atoms with E-state index < -0.39 is 0 Å². The molecule has 0 radical (unpaired) electrons. The van der Waals surface area contributed by atoms with Crippen LogP contribution >= 0.6 is 0 Å². The van der Waals surface area contributed by atoms with Crippen LogP contribution in [0.5, 0.6) is 11.5 Å². The van der Waals surface area contributed by atoms with Crippen LogP contribution in [0.15, 0.2) is 24.4 Å². The van der Waals surface area contributed by atoms with Crippen LogP contribution in [-0.4, -0.2) is 24.0 Å². The number of nitrogens with zero attached hydrogens (tertiary/aromatic N) is 2. The quantitative estimate of drug-likeness (QED) is 0.880. The molecule has 1 aromatic heterocycles. The highest BCUT2D eigenvalue weighted by molar-refractivity contribution is 5.55. The molecule has 0 aliphatic heterocycles. The lowest BCUT2D eigenvalue weighted by atomic mass is 10.2. The zero-order valence-electron chi connectivity index (χ0n) is 12.4. The average molecular weight is 275 g/mol. The van der Waals surface area contributed by atoms with Crippen molar-refractivity contribution in [1.82, 2.24) is 9.78 Å². The highest BCUT2D eigenvalue weighted by atomic mass is 16.5. The summed E-state index contributed by atoms with van der Waals surface area (Å²) in [6.45, 7) is 5.80. The SMILES string of the molecule is CCn1ncc(CNc2ccc(OC)c(OC)c2)c1C. The topological polar surface area (TPSA) is 48.3 Å². The zero-order chi connectivity index (χ0) is 14.5. The summed E-state index contributed by atoms with van der Waals surface area (Å²) in [5, 5.41) is 7.72. The average Bonchev–Trinajstić information content (AvgIpc) is 2.85. The van der Waals surface area contributed by atoms with E-state index in [9.17, 15) is 0 Å². The van der Waals surface area contributed by atoms with Crippen LogP contribution in [0.25, 0.3) is 0 Å². The number of nitrogens with one attached hydrogen (secondary N) is 1. The zero-order valence-corrected chi connectivity index (χ0v) is 12.4. The van der Waals surface area contributed by atoms with Gasteiger partial charge in [0.05, 0.1) is 20.4 Å². The number of ether oxygens (including phenoxy) is 2. The Kier molecular flexibility index (Phi) is 4.50. The number of aromatic nitrogens is 2. The largest absolute Gasteiger partial charge is 0.493 e. The van der Waals surface area contributed by atoms with E-state index in [1.807, 2.05) is 29.1 Å². The molecule has 0 fully saturated rings. The third-order valence-electron chi connectivity index (χ3n) is 3.37. The van der Waals surface area contributed by atoms with E-state index in [0.29, 0.717) is 0 Å². The van der Waals surface area contributed by atoms with E-state index in [1.165, 1.54) is 11.3 Å². The van der Waals surface area contributed by atoms with Gasteiger partial charge in [0.1, 0.15) is 0 Å². The maximum Gasteiger partial charge on any atom is 0.162 e. The second kappa shape index (κ2) is 6.32. The number of rotatable bonds is 6. The Morgan fingerprint density at radius 3 is 2.55 bits per heavy atom. The Hall–Kier alpha value is -2.17. The summed E-state index contributed by atoms with van der Waals surface area (Å²) >= 11 is 0. The first-order valence-corrected chi connectivity index (χ1v) is 6.66. The van der Waals surface area contributed by atoms with Crippen LogP contribution in [0.2, 0.25) is 0 Å². The molecule has 1 heterocycles. The normalized spacial score (nSPS) is 10.4. The number of hydrogen-bond donors (Lipinski definition) is 1. The first kappa shape index (κ1) is 14.2. The molecule has 0 amide bonds. The molecule has 0 spiro atoms. The molecule has 0 atom stereocenters. The molecular formula is C15H21N3O2. The van der Waals surface area contributed by atoms with Gasteiger partial charge in [-0.1, -0.05) is 0 Å². The first-order valence-electron chi connectivity index (χ1n) is 6.66. The lowest BCUT2D eigenvalue weighted by Crippen LogP contribution is -2.03. The van der Waals surface area contributed by atoms with Gasteiger partial charge in [-0.2, -0.15) is 5.10 Å². The van der Waals surface area contributed by atoms with Crippen molar-refractivity contribution in [2.75, 3.05) is 19.5 Å². The van der Waals surface area contributed by atoms with Gasteiger partial charge in [0.25, 0.3) is 0 Å². The predicted octanol–water partition coefficient (Wildman–Crippen LogP) is 2.84. The van der Waals surface area contributed by atoms with Crippen LogP contribution < -0.4 is 14.8 Å². The van der Waals surface area contributed by atoms with Gasteiger partial charge in [0.15, 0.2) is 11.5 Å². The molecule has 5 heteroatoms. The molecule has 1 N–H and O–H groups in total. The number of anilines is 1. The number of methoxy groups -OCH3 is 2. The Labute approximate surface area is 119 Å². The van der Waals surface area contributed by atoms with Crippen molar-refractivity contribution >= 4 is 5.69 Å². The van der Waals surface area contributed by atoms with Gasteiger partial charge in [0, 0.05) is 36.1 Å². The fourth-order valence-electron chi connectivity index (χ4n) is 2.12. The van der Waals surface area contributed by atoms with Crippen molar-refractivity contribution in [2.45, 2.75) is 26.9 Å². The molecule has 2 rings (SSSR count). The molecular weight excluding hydrogens is 254 g/mol. The number of hydrogen-bond acceptors (Lipinski definition) is 4. The maximum absolute atomic E-state index is 5.29. The standard InChI is InChI=1S/C15H21N3O2/c1-5-18-11(2)12(10-17-18)9-16-13-6-7-14(19-3)15(8-13)20-4/h6-8,10,16H,5,9H2,1-4H3. The van der Waals surface area contributed by atoms with E-state index in [1.54, 1.807) is 14.2 Å². The fraction of sp³-hybridized carbons (Fsp3) is 0.400. The monoisotopic (exact) mass is 275 g/mol. The van der Waals surface area contributed by atoms with Gasteiger partial charge in [-0.15, -0.1) is 0 Å². The molecule has 0 aliphatic carbocycles. The van der Waals surface area contributed by atoms with E-state index in [0.717, 1.165) is 30.3 Å². The molecule has 5 nitrogen and oxygen atoms in total. The lowest BCUT2D eigenvalue weighted by Gasteiger charge is -2.11. The minimum Gasteiger partial charge on any atom is -0.493 e. The molecule has 0 bridgehead atoms. The Balaban J connectivity index is 2.08. The van der Waals surface area contributed by atoms with E-state index >= 15 is 0 Å². The number of aryl methyl sites for hydroxylation is 1. The Morgan fingerprint density at radius 2 is 1.95 bits per heavy atom. The maximum atomic E-state index is 5.29. The summed E-state index contributed by atoms with van der Waals surface area (Å²) in [6.07, 6.45) is 1.91. The van der Waals surface area contributed by atoms with Crippen LogP contribution in [0, 0.1) is 6.92 Å². The van der Waals surface area contributed by atoms with Crippen molar-refractivity contribution in [3.8, 4) is 11.5 Å². The second-order valence-corrected chi connectivity index (χ2v) is 4.49. The Bertz CT molecular complexity index is 578. The summed E-state index contributed by atoms with van der Waals surface area (Å²) in [5.74, 6) is 1.45. The van der Waals surface area contributed by atoms with E-state index in [-0.39, 0.29) is 0 Å². The van der Waals surface area contributed by atoms with Crippen LogP contribution in [0.4, 0.5) is 5.69 Å². The lowest BCUT2D eigenvalue weighted by molar-refractivity contribution is 0.355. The molecule has 0 unspecified atom stereocenters. The molecule has 0 aliphatic rings. The van der Waals surface area contributed by atoms with Gasteiger partial charge in [-0.25, -0.2) is 0 Å². The molecule has 20 heavy (non-hydrogen) atoms. The van der Waals surface area contributed by atoms with Crippen molar-refractivity contribution in [3.63, 3.8) is 0 Å². The summed E-state index contributed by atoms with van der Waals surface area (Å²) in [5.41, 5.74) is 3.38. The van der Waals surface area contributed by atoms with E-state index in [2.05, 4.69) is 24.3 Å². The molecule has 2 aromatic rings. The van der Waals surface area contributed by atoms with Crippen LogP contribution in [0.1, 0.15) is 18.2 Å². The molecule has 0 saturated carbocycles. The Morgan fingerprint density at radius 1 is 1.20 bits per heavy atom. The first-order chi connectivity index (χ1) is 9.69. The van der Waals surface area contributed by atoms with Gasteiger partial charge in [-0.3, -0.25) is 4.68 Å². The van der Waals surface area contributed by atoms with Crippen molar-refractivity contribution < 1.29 is 9.47 Å². The van der Waals surface area contributed by atoms with E-state index in [4.69, 9.17) is 9.47 Å². The summed E-state index contributed by atoms with van der Waals surface area (Å²) < 4.78 is 12.5. The summed E-state index contributed by atoms with van der Waals surface area (Å²) in [4.78, 5) is 0. The van der Waals surface area contributed by atoms with Gasteiger partial charge >= 0.3 is 0 Å². The van der Waals surface area contributed by atoms with Crippen molar-refractivity contribution in [1.29, 1.82) is 0 Å². The van der Waals surface area contributed by atoms with Crippen LogP contribution in [0.3, 0.4) is 0 Å². The number of benzene rings is 1. The second-order valence-electron chi connectivity index (χ2n) is 4.49. The molecule has 1 aromatic carbocycles. The van der Waals surface area contributed by atoms with Crippen molar-refractivity contribution in [3.05, 3.63) is 35.7 Å². The summed E-state index contributed by atoms with van der Waals surface area (Å²) in [7, 11) is 3.27. The minimum absolute atomic E-state index is 0.721. The third-order valence-corrected chi connectivity index (χ3v) is 3.37. The smallest absolute Gasteiger partial charge is 0.162 e. The molecule has 108 valence electrons. The van der Waals surface area contributed by atoms with Crippen molar-refractivity contribution in [2.24, 2.45) is 0 Å². The van der Waals surface area contributed by atoms with Crippen LogP contribution in [-0.2, 0) is 13.1 Å². The fourth-order valence-corrected chi connectivity index (χ4v) is 2.12. The third kappa shape index (κ3) is 2.87. The van der Waals surface area contributed by atoms with Gasteiger partial charge in [0.2, 0.25) is 0 Å². The van der Waals surface area contributed by atoms with Gasteiger partial charge < -0.3 is 14.8 Å². The summed E-state index contributed by atoms with van der Waals surface area (Å²) in [6, 6.07) is 5.79. The van der Waals surface area contributed by atoms with Gasteiger partial charge in [-0.05, 0) is 26.0 Å². The molecule has 0 saturated heterocycles. The minimum atomic E-state index is 0.721. The highest BCUT2D eigenvalue weighted by Gasteiger charge is 2.07. The highest BCUT2D eigenvalue weighted by Crippen LogP contribution is 2.29.